The first-order valence-electron chi connectivity index (χ1n) is 10.2. The van der Waals surface area contributed by atoms with Crippen LogP contribution >= 0.6 is 0 Å². The molecule has 1 aromatic heterocycles. The highest BCUT2D eigenvalue weighted by Crippen LogP contribution is 2.31. The molecule has 5 heteroatoms. The Bertz CT molecular complexity index is 973. The smallest absolute Gasteiger partial charge is 0.140 e. The molecule has 0 amide bonds. The number of phenols is 1. The van der Waals surface area contributed by atoms with E-state index in [0.717, 1.165) is 41.0 Å². The van der Waals surface area contributed by atoms with Gasteiger partial charge in [-0.15, -0.1) is 0 Å². The Kier molecular flexibility index (Phi) is 5.43. The highest BCUT2D eigenvalue weighted by molar-refractivity contribution is 5.58. The van der Waals surface area contributed by atoms with Crippen molar-refractivity contribution in [3.05, 3.63) is 71.0 Å². The third kappa shape index (κ3) is 4.52. The minimum atomic E-state index is -0.783. The zero-order chi connectivity index (χ0) is 20.4. The highest BCUT2D eigenvalue weighted by atomic mass is 16.5. The molecule has 1 aliphatic heterocycles. The monoisotopic (exact) mass is 392 g/mol. The van der Waals surface area contributed by atoms with Crippen LogP contribution in [0.4, 0.5) is 0 Å². The zero-order valence-corrected chi connectivity index (χ0v) is 17.1. The summed E-state index contributed by atoms with van der Waals surface area (Å²) in [5.74, 6) is 1.10. The molecule has 4 rings (SSSR count). The minimum Gasteiger partial charge on any atom is -0.507 e. The van der Waals surface area contributed by atoms with Crippen LogP contribution in [-0.4, -0.2) is 39.0 Å². The van der Waals surface area contributed by atoms with E-state index in [1.807, 2.05) is 62.4 Å². The van der Waals surface area contributed by atoms with Crippen molar-refractivity contribution in [3.63, 3.8) is 0 Å². The molecule has 0 saturated carbocycles. The summed E-state index contributed by atoms with van der Waals surface area (Å²) in [6.45, 7) is 6.24. The van der Waals surface area contributed by atoms with Gasteiger partial charge in [-0.2, -0.15) is 0 Å². The lowest BCUT2D eigenvalue weighted by molar-refractivity contribution is -0.0266. The highest BCUT2D eigenvalue weighted by Gasteiger charge is 2.34. The lowest BCUT2D eigenvalue weighted by Gasteiger charge is -2.37. The Hall–Kier alpha value is -2.63. The first-order valence-corrected chi connectivity index (χ1v) is 10.2. The maximum Gasteiger partial charge on any atom is 0.140 e. The van der Waals surface area contributed by atoms with Crippen molar-refractivity contribution in [2.75, 3.05) is 13.1 Å². The molecule has 5 nitrogen and oxygen atoms in total. The van der Waals surface area contributed by atoms with Crippen LogP contribution in [-0.2, 0) is 13.0 Å². The summed E-state index contributed by atoms with van der Waals surface area (Å²) in [5, 5.41) is 25.6. The second-order valence-corrected chi connectivity index (χ2v) is 8.31. The predicted molar refractivity (Wildman–Crippen MR) is 113 cm³/mol. The largest absolute Gasteiger partial charge is 0.507 e. The molecule has 1 saturated heterocycles. The van der Waals surface area contributed by atoms with Gasteiger partial charge in [0.2, 0.25) is 0 Å². The number of benzene rings is 2. The van der Waals surface area contributed by atoms with Crippen molar-refractivity contribution in [1.82, 2.24) is 10.1 Å². The van der Waals surface area contributed by atoms with Gasteiger partial charge in [-0.1, -0.05) is 53.2 Å². The van der Waals surface area contributed by atoms with E-state index >= 15 is 0 Å². The number of hydrogen-bond acceptors (Lipinski definition) is 5. The van der Waals surface area contributed by atoms with Crippen LogP contribution in [0.2, 0.25) is 0 Å². The Balaban J connectivity index is 1.37. The molecule has 0 spiro atoms. The van der Waals surface area contributed by atoms with Gasteiger partial charge in [0.1, 0.15) is 17.2 Å². The van der Waals surface area contributed by atoms with Crippen molar-refractivity contribution in [3.8, 4) is 17.0 Å². The summed E-state index contributed by atoms with van der Waals surface area (Å²) in [6.07, 6.45) is 1.80. The number of phenolic OH excluding ortho intramolecular Hbond substituents is 1. The molecule has 3 aromatic rings. The molecule has 1 aliphatic rings. The second kappa shape index (κ2) is 8.01. The molecule has 152 valence electrons. The summed E-state index contributed by atoms with van der Waals surface area (Å²) in [4.78, 5) is 2.29. The molecule has 2 aromatic carbocycles. The third-order valence-electron chi connectivity index (χ3n) is 5.84. The van der Waals surface area contributed by atoms with Crippen molar-refractivity contribution in [1.29, 1.82) is 0 Å². The number of nitrogens with zero attached hydrogens (tertiary/aromatic N) is 2. The van der Waals surface area contributed by atoms with Gasteiger partial charge in [-0.3, -0.25) is 4.90 Å². The number of aryl methyl sites for hydroxylation is 2. The van der Waals surface area contributed by atoms with Crippen LogP contribution in [0.5, 0.6) is 5.75 Å². The molecule has 2 heterocycles. The number of rotatable bonds is 5. The normalized spacial score (nSPS) is 16.8. The Labute approximate surface area is 171 Å². The van der Waals surface area contributed by atoms with E-state index < -0.39 is 5.60 Å². The standard InChI is InChI=1S/C24H28N2O3/c1-17-12-18(2)23(27)20(13-17)16-26-10-8-24(28,9-11-26)15-21-14-22(25-29-21)19-6-4-3-5-7-19/h3-7,12-14,27-28H,8-11,15-16H2,1-2H3. The van der Waals surface area contributed by atoms with Crippen molar-refractivity contribution >= 4 is 0 Å². The number of hydrogen-bond donors (Lipinski definition) is 2. The summed E-state index contributed by atoms with van der Waals surface area (Å²) < 4.78 is 5.49. The average Bonchev–Trinajstić information content (AvgIpc) is 3.16. The van der Waals surface area contributed by atoms with E-state index in [0.29, 0.717) is 37.3 Å². The topological polar surface area (TPSA) is 69.7 Å². The molecular formula is C24H28N2O3. The quantitative estimate of drug-likeness (QED) is 0.680. The fourth-order valence-corrected chi connectivity index (χ4v) is 4.18. The minimum absolute atomic E-state index is 0.381. The first kappa shape index (κ1) is 19.7. The Morgan fingerprint density at radius 1 is 1.07 bits per heavy atom. The van der Waals surface area contributed by atoms with Gasteiger partial charge in [-0.05, 0) is 32.3 Å². The number of aromatic hydroxyl groups is 1. The van der Waals surface area contributed by atoms with E-state index in [-0.39, 0.29) is 0 Å². The number of piperidine rings is 1. The third-order valence-corrected chi connectivity index (χ3v) is 5.84. The van der Waals surface area contributed by atoms with Crippen LogP contribution in [0, 0.1) is 13.8 Å². The van der Waals surface area contributed by atoms with Gasteiger partial charge < -0.3 is 14.7 Å². The van der Waals surface area contributed by atoms with Crippen LogP contribution in [0.15, 0.2) is 53.1 Å². The van der Waals surface area contributed by atoms with Gasteiger partial charge >= 0.3 is 0 Å². The zero-order valence-electron chi connectivity index (χ0n) is 17.1. The first-order chi connectivity index (χ1) is 13.9. The van der Waals surface area contributed by atoms with Gasteiger partial charge in [0.25, 0.3) is 0 Å². The van der Waals surface area contributed by atoms with E-state index in [4.69, 9.17) is 4.52 Å². The molecule has 2 N–H and O–H groups in total. The number of aromatic nitrogens is 1. The van der Waals surface area contributed by atoms with Gasteiger partial charge in [0.05, 0.1) is 5.60 Å². The van der Waals surface area contributed by atoms with Crippen LogP contribution in [0.1, 0.15) is 35.3 Å². The molecule has 1 fully saturated rings. The van der Waals surface area contributed by atoms with Crippen LogP contribution in [0.25, 0.3) is 11.3 Å². The lowest BCUT2D eigenvalue weighted by Crippen LogP contribution is -2.45. The summed E-state index contributed by atoms with van der Waals surface area (Å²) >= 11 is 0. The Morgan fingerprint density at radius 2 is 1.79 bits per heavy atom. The maximum absolute atomic E-state index is 11.1. The van der Waals surface area contributed by atoms with E-state index in [9.17, 15) is 10.2 Å². The van der Waals surface area contributed by atoms with Gasteiger partial charge in [0, 0.05) is 43.2 Å². The van der Waals surface area contributed by atoms with Crippen molar-refractivity contribution < 1.29 is 14.7 Å². The Morgan fingerprint density at radius 3 is 2.52 bits per heavy atom. The summed E-state index contributed by atoms with van der Waals surface area (Å²) in [7, 11) is 0. The SMILES string of the molecule is Cc1cc(C)c(O)c(CN2CCC(O)(Cc3cc(-c4ccccc4)no3)CC2)c1. The molecule has 0 aliphatic carbocycles. The van der Waals surface area contributed by atoms with Gasteiger partial charge in [0.15, 0.2) is 0 Å². The van der Waals surface area contributed by atoms with E-state index in [1.165, 1.54) is 0 Å². The fourth-order valence-electron chi connectivity index (χ4n) is 4.18. The summed E-state index contributed by atoms with van der Waals surface area (Å²) in [6, 6.07) is 15.9. The molecule has 29 heavy (non-hydrogen) atoms. The van der Waals surface area contributed by atoms with Crippen molar-refractivity contribution in [2.24, 2.45) is 0 Å². The number of likely N-dealkylation sites (tertiary alicyclic amines) is 1. The second-order valence-electron chi connectivity index (χ2n) is 8.31. The summed E-state index contributed by atoms with van der Waals surface area (Å²) in [5.41, 5.74) is 4.05. The van der Waals surface area contributed by atoms with Gasteiger partial charge in [-0.25, -0.2) is 0 Å². The fraction of sp³-hybridized carbons (Fsp3) is 0.375. The lowest BCUT2D eigenvalue weighted by atomic mass is 9.87. The van der Waals surface area contributed by atoms with E-state index in [1.54, 1.807) is 0 Å². The number of aliphatic hydroxyl groups is 1. The predicted octanol–water partition coefficient (Wildman–Crippen LogP) is 4.23. The maximum atomic E-state index is 11.1. The molecule has 0 bridgehead atoms. The van der Waals surface area contributed by atoms with Crippen molar-refractivity contribution in [2.45, 2.75) is 45.3 Å². The van der Waals surface area contributed by atoms with E-state index in [2.05, 4.69) is 10.1 Å². The average molecular weight is 392 g/mol. The molecular weight excluding hydrogens is 364 g/mol. The van der Waals surface area contributed by atoms with Crippen LogP contribution in [0.3, 0.4) is 0 Å². The van der Waals surface area contributed by atoms with Crippen LogP contribution < -0.4 is 0 Å². The molecule has 0 unspecified atom stereocenters. The molecule has 0 atom stereocenters. The molecule has 0 radical (unpaired) electrons.